The van der Waals surface area contributed by atoms with Gasteiger partial charge < -0.3 is 4.74 Å². The molecule has 0 spiro atoms. The SMILES string of the molecule is CCCC(C)Oc1c(F)cc(CBr)cc1F. The van der Waals surface area contributed by atoms with Crippen molar-refractivity contribution in [3.05, 3.63) is 29.3 Å². The molecule has 0 fully saturated rings. The van der Waals surface area contributed by atoms with Gasteiger partial charge in [0.25, 0.3) is 0 Å². The first-order valence-electron chi connectivity index (χ1n) is 5.29. The van der Waals surface area contributed by atoms with Crippen molar-refractivity contribution < 1.29 is 13.5 Å². The molecule has 0 saturated heterocycles. The molecule has 0 aliphatic carbocycles. The predicted octanol–water partition coefficient (Wildman–Crippen LogP) is 4.43. The summed E-state index contributed by atoms with van der Waals surface area (Å²) in [6, 6.07) is 2.57. The molecular formula is C12H15BrF2O. The zero-order valence-corrected chi connectivity index (χ0v) is 11.0. The third-order valence-corrected chi connectivity index (χ3v) is 2.87. The van der Waals surface area contributed by atoms with Gasteiger partial charge in [-0.05, 0) is 31.0 Å². The van der Waals surface area contributed by atoms with E-state index in [-0.39, 0.29) is 11.9 Å². The summed E-state index contributed by atoms with van der Waals surface area (Å²) in [7, 11) is 0. The standard InChI is InChI=1S/C12H15BrF2O/c1-3-4-8(2)16-12-10(14)5-9(7-13)6-11(12)15/h5-6,8H,3-4,7H2,1-2H3. The van der Waals surface area contributed by atoms with Crippen LogP contribution in [0.25, 0.3) is 0 Å². The van der Waals surface area contributed by atoms with E-state index in [1.165, 1.54) is 12.1 Å². The van der Waals surface area contributed by atoms with Crippen LogP contribution in [-0.4, -0.2) is 6.10 Å². The molecular weight excluding hydrogens is 278 g/mol. The molecule has 1 unspecified atom stereocenters. The van der Waals surface area contributed by atoms with E-state index in [9.17, 15) is 8.78 Å². The van der Waals surface area contributed by atoms with E-state index in [4.69, 9.17) is 4.74 Å². The van der Waals surface area contributed by atoms with E-state index in [1.54, 1.807) is 6.92 Å². The Balaban J connectivity index is 2.87. The van der Waals surface area contributed by atoms with Gasteiger partial charge in [0.1, 0.15) is 0 Å². The lowest BCUT2D eigenvalue weighted by molar-refractivity contribution is 0.191. The van der Waals surface area contributed by atoms with E-state index in [0.29, 0.717) is 10.9 Å². The summed E-state index contributed by atoms with van der Waals surface area (Å²) >= 11 is 3.15. The maximum absolute atomic E-state index is 13.5. The largest absolute Gasteiger partial charge is 0.485 e. The third-order valence-electron chi connectivity index (χ3n) is 2.23. The van der Waals surface area contributed by atoms with Crippen molar-refractivity contribution in [1.82, 2.24) is 0 Å². The second kappa shape index (κ2) is 6.18. The van der Waals surface area contributed by atoms with Gasteiger partial charge >= 0.3 is 0 Å². The molecule has 0 aliphatic rings. The van der Waals surface area contributed by atoms with Crippen LogP contribution >= 0.6 is 15.9 Å². The molecule has 1 rings (SSSR count). The summed E-state index contributed by atoms with van der Waals surface area (Å²) in [6.45, 7) is 3.81. The Morgan fingerprint density at radius 1 is 1.31 bits per heavy atom. The fourth-order valence-corrected chi connectivity index (χ4v) is 1.79. The second-order valence-electron chi connectivity index (χ2n) is 3.74. The normalized spacial score (nSPS) is 12.6. The molecule has 1 aromatic carbocycles. The summed E-state index contributed by atoms with van der Waals surface area (Å²) in [4.78, 5) is 0. The minimum Gasteiger partial charge on any atom is -0.485 e. The lowest BCUT2D eigenvalue weighted by Crippen LogP contribution is -2.13. The van der Waals surface area contributed by atoms with Gasteiger partial charge in [-0.25, -0.2) is 8.78 Å². The highest BCUT2D eigenvalue weighted by molar-refractivity contribution is 9.08. The summed E-state index contributed by atoms with van der Waals surface area (Å²) in [5, 5.41) is 0.422. The first-order chi connectivity index (χ1) is 7.58. The highest BCUT2D eigenvalue weighted by Gasteiger charge is 2.14. The van der Waals surface area contributed by atoms with Crippen molar-refractivity contribution >= 4 is 15.9 Å². The Morgan fingerprint density at radius 3 is 2.31 bits per heavy atom. The molecule has 90 valence electrons. The van der Waals surface area contributed by atoms with Crippen LogP contribution in [0.2, 0.25) is 0 Å². The number of ether oxygens (including phenoxy) is 1. The monoisotopic (exact) mass is 292 g/mol. The number of rotatable bonds is 5. The third kappa shape index (κ3) is 3.44. The van der Waals surface area contributed by atoms with E-state index in [0.717, 1.165) is 12.8 Å². The van der Waals surface area contributed by atoms with E-state index in [1.807, 2.05) is 6.92 Å². The van der Waals surface area contributed by atoms with Crippen LogP contribution in [0, 0.1) is 11.6 Å². The number of alkyl halides is 1. The minimum atomic E-state index is -0.641. The molecule has 0 N–H and O–H groups in total. The van der Waals surface area contributed by atoms with Gasteiger partial charge in [-0.3, -0.25) is 0 Å². The Bertz CT molecular complexity index is 332. The van der Waals surface area contributed by atoms with Crippen LogP contribution in [0.4, 0.5) is 8.78 Å². The van der Waals surface area contributed by atoms with Crippen molar-refractivity contribution in [2.24, 2.45) is 0 Å². The molecule has 0 amide bonds. The molecule has 0 saturated carbocycles. The van der Waals surface area contributed by atoms with Gasteiger partial charge in [-0.15, -0.1) is 0 Å². The van der Waals surface area contributed by atoms with E-state index >= 15 is 0 Å². The molecule has 4 heteroatoms. The van der Waals surface area contributed by atoms with Crippen molar-refractivity contribution in [2.75, 3.05) is 0 Å². The smallest absolute Gasteiger partial charge is 0.191 e. The highest BCUT2D eigenvalue weighted by atomic mass is 79.9. The molecule has 0 aromatic heterocycles. The molecule has 16 heavy (non-hydrogen) atoms. The summed E-state index contributed by atoms with van der Waals surface area (Å²) < 4.78 is 32.3. The molecule has 0 aliphatic heterocycles. The molecule has 1 nitrogen and oxygen atoms in total. The van der Waals surface area contributed by atoms with Crippen molar-refractivity contribution in [1.29, 1.82) is 0 Å². The summed E-state index contributed by atoms with van der Waals surface area (Å²) in [6.07, 6.45) is 1.52. The van der Waals surface area contributed by atoms with Gasteiger partial charge in [0.15, 0.2) is 17.4 Å². The van der Waals surface area contributed by atoms with Gasteiger partial charge in [-0.2, -0.15) is 0 Å². The maximum Gasteiger partial charge on any atom is 0.191 e. The van der Waals surface area contributed by atoms with Gasteiger partial charge in [0.05, 0.1) is 6.10 Å². The topological polar surface area (TPSA) is 9.23 Å². The van der Waals surface area contributed by atoms with Crippen molar-refractivity contribution in [2.45, 2.75) is 38.1 Å². The Labute approximate surface area is 103 Å². The number of hydrogen-bond acceptors (Lipinski definition) is 1. The molecule has 1 aromatic rings. The maximum atomic E-state index is 13.5. The quantitative estimate of drug-likeness (QED) is 0.730. The summed E-state index contributed by atoms with van der Waals surface area (Å²) in [5.74, 6) is -1.56. The van der Waals surface area contributed by atoms with E-state index < -0.39 is 11.6 Å². The van der Waals surface area contributed by atoms with Crippen LogP contribution in [0.3, 0.4) is 0 Å². The van der Waals surface area contributed by atoms with Crippen LogP contribution in [-0.2, 0) is 5.33 Å². The van der Waals surface area contributed by atoms with Crippen LogP contribution in [0.5, 0.6) is 5.75 Å². The Morgan fingerprint density at radius 2 is 1.88 bits per heavy atom. The second-order valence-corrected chi connectivity index (χ2v) is 4.30. The fraction of sp³-hybridized carbons (Fsp3) is 0.500. The fourth-order valence-electron chi connectivity index (χ4n) is 1.47. The highest BCUT2D eigenvalue weighted by Crippen LogP contribution is 2.25. The number of halogens is 3. The first-order valence-corrected chi connectivity index (χ1v) is 6.41. The van der Waals surface area contributed by atoms with Crippen LogP contribution in [0.15, 0.2) is 12.1 Å². The zero-order valence-electron chi connectivity index (χ0n) is 9.40. The van der Waals surface area contributed by atoms with Crippen LogP contribution < -0.4 is 4.74 Å². The molecule has 0 heterocycles. The average Bonchev–Trinajstić information content (AvgIpc) is 2.23. The number of benzene rings is 1. The minimum absolute atomic E-state index is 0.177. The molecule has 1 atom stereocenters. The summed E-state index contributed by atoms with van der Waals surface area (Å²) in [5.41, 5.74) is 0.561. The Hall–Kier alpha value is -0.640. The Kier molecular flexibility index (Phi) is 5.19. The number of hydrogen-bond donors (Lipinski definition) is 0. The average molecular weight is 293 g/mol. The molecule has 0 radical (unpaired) electrons. The van der Waals surface area contributed by atoms with Gasteiger partial charge in [0.2, 0.25) is 0 Å². The predicted molar refractivity (Wildman–Crippen MR) is 64.0 cm³/mol. The van der Waals surface area contributed by atoms with E-state index in [2.05, 4.69) is 15.9 Å². The lowest BCUT2D eigenvalue weighted by Gasteiger charge is -2.15. The zero-order chi connectivity index (χ0) is 12.1. The first kappa shape index (κ1) is 13.4. The van der Waals surface area contributed by atoms with Crippen LogP contribution in [0.1, 0.15) is 32.3 Å². The van der Waals surface area contributed by atoms with Gasteiger partial charge in [0, 0.05) is 5.33 Å². The lowest BCUT2D eigenvalue weighted by atomic mass is 10.2. The molecule has 0 bridgehead atoms. The van der Waals surface area contributed by atoms with Gasteiger partial charge in [-0.1, -0.05) is 29.3 Å². The van der Waals surface area contributed by atoms with Crippen molar-refractivity contribution in [3.63, 3.8) is 0 Å². The van der Waals surface area contributed by atoms with Crippen molar-refractivity contribution in [3.8, 4) is 5.75 Å².